The second-order valence-corrected chi connectivity index (χ2v) is 7.97. The SMILES string of the molecule is c1ccc(-c2ccc3ccc4ccc(N5CCCN6CCCN=C65)nc4c3n2)cc1. The molecule has 0 saturated carbocycles. The van der Waals surface area contributed by atoms with Crippen molar-refractivity contribution in [2.24, 2.45) is 4.99 Å². The van der Waals surface area contributed by atoms with Crippen LogP contribution in [0.25, 0.3) is 33.1 Å². The Bertz CT molecular complexity index is 1260. The highest BCUT2D eigenvalue weighted by molar-refractivity contribution is 6.05. The van der Waals surface area contributed by atoms with Gasteiger partial charge in [-0.25, -0.2) is 9.97 Å². The van der Waals surface area contributed by atoms with Crippen LogP contribution in [0.1, 0.15) is 12.8 Å². The monoisotopic (exact) mass is 393 g/mol. The van der Waals surface area contributed by atoms with E-state index >= 15 is 0 Å². The van der Waals surface area contributed by atoms with E-state index in [1.807, 2.05) is 18.2 Å². The number of rotatable bonds is 2. The average Bonchev–Trinajstić information content (AvgIpc) is 2.83. The van der Waals surface area contributed by atoms with Crippen molar-refractivity contribution < 1.29 is 0 Å². The molecule has 0 aliphatic carbocycles. The highest BCUT2D eigenvalue weighted by Gasteiger charge is 2.27. The van der Waals surface area contributed by atoms with Gasteiger partial charge in [0.25, 0.3) is 0 Å². The van der Waals surface area contributed by atoms with Gasteiger partial charge in [-0.15, -0.1) is 0 Å². The maximum Gasteiger partial charge on any atom is 0.202 e. The zero-order valence-corrected chi connectivity index (χ0v) is 16.8. The molecule has 2 aliphatic rings. The number of aromatic nitrogens is 2. The van der Waals surface area contributed by atoms with Crippen molar-refractivity contribution >= 4 is 33.6 Å². The number of benzene rings is 2. The van der Waals surface area contributed by atoms with Crippen LogP contribution in [-0.4, -0.2) is 47.0 Å². The molecule has 0 atom stereocenters. The van der Waals surface area contributed by atoms with Gasteiger partial charge < -0.3 is 4.90 Å². The number of anilines is 1. The van der Waals surface area contributed by atoms with E-state index in [9.17, 15) is 0 Å². The molecule has 1 fully saturated rings. The van der Waals surface area contributed by atoms with Gasteiger partial charge in [0.1, 0.15) is 5.82 Å². The van der Waals surface area contributed by atoms with E-state index in [0.717, 1.165) is 83.9 Å². The summed E-state index contributed by atoms with van der Waals surface area (Å²) in [6.45, 7) is 4.05. The van der Waals surface area contributed by atoms with E-state index in [4.69, 9.17) is 15.0 Å². The predicted octanol–water partition coefficient (Wildman–Crippen LogP) is 4.72. The van der Waals surface area contributed by atoms with E-state index in [0.29, 0.717) is 0 Å². The lowest BCUT2D eigenvalue weighted by Gasteiger charge is -2.40. The van der Waals surface area contributed by atoms with E-state index < -0.39 is 0 Å². The lowest BCUT2D eigenvalue weighted by Crippen LogP contribution is -2.52. The molecule has 148 valence electrons. The molecule has 4 heterocycles. The highest BCUT2D eigenvalue weighted by atomic mass is 15.4. The fraction of sp³-hybridized carbons (Fsp3) is 0.240. The van der Waals surface area contributed by atoms with Crippen molar-refractivity contribution in [2.75, 3.05) is 31.1 Å². The lowest BCUT2D eigenvalue weighted by molar-refractivity contribution is 0.359. The first-order chi connectivity index (χ1) is 14.9. The molecular weight excluding hydrogens is 370 g/mol. The highest BCUT2D eigenvalue weighted by Crippen LogP contribution is 2.29. The van der Waals surface area contributed by atoms with E-state index in [1.54, 1.807) is 0 Å². The van der Waals surface area contributed by atoms with Crippen LogP contribution in [0.4, 0.5) is 5.82 Å². The van der Waals surface area contributed by atoms with Gasteiger partial charge in [0.2, 0.25) is 5.96 Å². The maximum absolute atomic E-state index is 5.11. The molecule has 6 rings (SSSR count). The Morgan fingerprint density at radius 2 is 1.40 bits per heavy atom. The van der Waals surface area contributed by atoms with Crippen LogP contribution in [0.15, 0.2) is 71.7 Å². The molecule has 30 heavy (non-hydrogen) atoms. The molecule has 5 heteroatoms. The van der Waals surface area contributed by atoms with Crippen molar-refractivity contribution in [3.63, 3.8) is 0 Å². The molecule has 0 bridgehead atoms. The molecule has 2 aromatic heterocycles. The molecule has 5 nitrogen and oxygen atoms in total. The van der Waals surface area contributed by atoms with Gasteiger partial charge in [0, 0.05) is 42.5 Å². The first kappa shape index (κ1) is 17.4. The zero-order valence-electron chi connectivity index (χ0n) is 16.8. The van der Waals surface area contributed by atoms with Gasteiger partial charge in [0.15, 0.2) is 0 Å². The molecule has 2 aromatic carbocycles. The summed E-state index contributed by atoms with van der Waals surface area (Å²) in [5.74, 6) is 2.05. The van der Waals surface area contributed by atoms with Crippen molar-refractivity contribution in [1.82, 2.24) is 14.9 Å². The summed E-state index contributed by atoms with van der Waals surface area (Å²) in [5.41, 5.74) is 4.01. The summed E-state index contributed by atoms with van der Waals surface area (Å²) >= 11 is 0. The summed E-state index contributed by atoms with van der Waals surface area (Å²) < 4.78 is 0. The fourth-order valence-electron chi connectivity index (χ4n) is 4.52. The minimum atomic E-state index is 0.904. The minimum absolute atomic E-state index is 0.904. The number of pyridine rings is 2. The molecule has 4 aromatic rings. The molecule has 0 spiro atoms. The second kappa shape index (κ2) is 7.10. The summed E-state index contributed by atoms with van der Waals surface area (Å²) in [5, 5.41) is 2.23. The third-order valence-electron chi connectivity index (χ3n) is 6.02. The number of fused-ring (bicyclic) bond motifs is 4. The number of nitrogens with zero attached hydrogens (tertiary/aromatic N) is 5. The number of guanidine groups is 1. The zero-order chi connectivity index (χ0) is 19.9. The fourth-order valence-corrected chi connectivity index (χ4v) is 4.52. The number of hydrogen-bond acceptors (Lipinski definition) is 5. The Morgan fingerprint density at radius 1 is 0.667 bits per heavy atom. The summed E-state index contributed by atoms with van der Waals surface area (Å²) in [6.07, 6.45) is 2.27. The van der Waals surface area contributed by atoms with Crippen molar-refractivity contribution in [2.45, 2.75) is 12.8 Å². The topological polar surface area (TPSA) is 44.6 Å². The normalized spacial score (nSPS) is 16.6. The van der Waals surface area contributed by atoms with E-state index in [-0.39, 0.29) is 0 Å². The van der Waals surface area contributed by atoms with Crippen molar-refractivity contribution in [3.05, 3.63) is 66.7 Å². The molecule has 0 unspecified atom stereocenters. The molecule has 0 radical (unpaired) electrons. The van der Waals surface area contributed by atoms with Gasteiger partial charge in [-0.05, 0) is 31.0 Å². The standard InChI is InChI=1S/C25H23N5/c1-2-6-18(7-3-1)21-12-10-19-8-9-20-11-13-22(28-24(20)23(19)27-21)30-17-5-16-29-15-4-14-26-25(29)30/h1-3,6-13H,4-5,14-17H2. The van der Waals surface area contributed by atoms with Crippen LogP contribution in [-0.2, 0) is 0 Å². The van der Waals surface area contributed by atoms with Crippen LogP contribution < -0.4 is 4.90 Å². The van der Waals surface area contributed by atoms with Crippen LogP contribution in [0.5, 0.6) is 0 Å². The van der Waals surface area contributed by atoms with Crippen LogP contribution in [0.3, 0.4) is 0 Å². The van der Waals surface area contributed by atoms with E-state index in [2.05, 4.69) is 58.3 Å². The molecule has 0 N–H and O–H groups in total. The third kappa shape index (κ3) is 2.89. The smallest absolute Gasteiger partial charge is 0.202 e. The van der Waals surface area contributed by atoms with Crippen LogP contribution >= 0.6 is 0 Å². The lowest BCUT2D eigenvalue weighted by atomic mass is 10.1. The minimum Gasteiger partial charge on any atom is -0.342 e. The summed E-state index contributed by atoms with van der Waals surface area (Å²) in [4.78, 5) is 19.6. The average molecular weight is 393 g/mol. The second-order valence-electron chi connectivity index (χ2n) is 7.97. The van der Waals surface area contributed by atoms with Crippen molar-refractivity contribution in [1.29, 1.82) is 0 Å². The van der Waals surface area contributed by atoms with Crippen LogP contribution in [0, 0.1) is 0 Å². The van der Waals surface area contributed by atoms with E-state index in [1.165, 1.54) is 0 Å². The third-order valence-corrected chi connectivity index (χ3v) is 6.02. The van der Waals surface area contributed by atoms with Crippen molar-refractivity contribution in [3.8, 4) is 11.3 Å². The Hall–Kier alpha value is -3.47. The first-order valence-electron chi connectivity index (χ1n) is 10.7. The predicted molar refractivity (Wildman–Crippen MR) is 123 cm³/mol. The Kier molecular flexibility index (Phi) is 4.11. The number of hydrogen-bond donors (Lipinski definition) is 0. The molecule has 2 aliphatic heterocycles. The van der Waals surface area contributed by atoms with Gasteiger partial charge in [-0.3, -0.25) is 9.89 Å². The van der Waals surface area contributed by atoms with Crippen LogP contribution in [0.2, 0.25) is 0 Å². The van der Waals surface area contributed by atoms with Gasteiger partial charge >= 0.3 is 0 Å². The molecule has 0 amide bonds. The Balaban J connectivity index is 1.51. The quantitative estimate of drug-likeness (QED) is 0.462. The number of aliphatic imine (C=N–C) groups is 1. The van der Waals surface area contributed by atoms with Gasteiger partial charge in [0.05, 0.1) is 16.7 Å². The summed E-state index contributed by atoms with van der Waals surface area (Å²) in [7, 11) is 0. The van der Waals surface area contributed by atoms with Gasteiger partial charge in [-0.1, -0.05) is 48.5 Å². The maximum atomic E-state index is 5.11. The molecular formula is C25H23N5. The largest absolute Gasteiger partial charge is 0.342 e. The Morgan fingerprint density at radius 3 is 2.27 bits per heavy atom. The first-order valence-corrected chi connectivity index (χ1v) is 10.7. The summed E-state index contributed by atoms with van der Waals surface area (Å²) in [6, 6.07) is 23.1. The van der Waals surface area contributed by atoms with Gasteiger partial charge in [-0.2, -0.15) is 0 Å². The molecule has 1 saturated heterocycles. The Labute approximate surface area is 175 Å².